The number of benzene rings is 1. The minimum atomic E-state index is 0.231. The first kappa shape index (κ1) is 18.6. The molecule has 1 rings (SSSR count). The number of allylic oxidation sites excluding steroid dienone is 1. The van der Waals surface area contributed by atoms with Crippen molar-refractivity contribution in [2.45, 2.75) is 72.3 Å². The maximum atomic E-state index is 6.29. The molecule has 1 aromatic carbocycles. The maximum absolute atomic E-state index is 6.29. The van der Waals surface area contributed by atoms with E-state index in [1.54, 1.807) is 0 Å². The molecule has 0 amide bonds. The van der Waals surface area contributed by atoms with E-state index in [-0.39, 0.29) is 6.10 Å². The monoisotopic (exact) mass is 304 g/mol. The summed E-state index contributed by atoms with van der Waals surface area (Å²) in [6, 6.07) is 6.16. The van der Waals surface area contributed by atoms with Crippen LogP contribution in [0.2, 0.25) is 0 Å². The Hall–Kier alpha value is -1.44. The molecule has 0 N–H and O–H groups in total. The molecule has 0 aromatic heterocycles. The lowest BCUT2D eigenvalue weighted by Gasteiger charge is -2.20. The molecule has 124 valence electrons. The molecule has 0 aliphatic rings. The van der Waals surface area contributed by atoms with Crippen molar-refractivity contribution in [3.05, 3.63) is 35.9 Å². The Kier molecular flexibility index (Phi) is 9.45. The van der Waals surface area contributed by atoms with Crippen LogP contribution in [0.25, 0.3) is 0 Å². The van der Waals surface area contributed by atoms with E-state index < -0.39 is 0 Å². The van der Waals surface area contributed by atoms with Crippen molar-refractivity contribution >= 4 is 0 Å². The van der Waals surface area contributed by atoms with Crippen molar-refractivity contribution in [3.63, 3.8) is 0 Å². The van der Waals surface area contributed by atoms with Crippen LogP contribution in [0.1, 0.15) is 64.9 Å². The molecule has 2 heteroatoms. The summed E-state index contributed by atoms with van der Waals surface area (Å²) < 4.78 is 12.0. The molecule has 0 aliphatic heterocycles. The molecular formula is C20H32O2. The Morgan fingerprint density at radius 3 is 2.59 bits per heavy atom. The molecule has 0 aliphatic carbocycles. The summed E-state index contributed by atoms with van der Waals surface area (Å²) in [6.45, 7) is 9.06. The predicted molar refractivity (Wildman–Crippen MR) is 95.0 cm³/mol. The summed E-state index contributed by atoms with van der Waals surface area (Å²) >= 11 is 0. The van der Waals surface area contributed by atoms with Crippen LogP contribution in [-0.2, 0) is 0 Å². The van der Waals surface area contributed by atoms with E-state index >= 15 is 0 Å². The third-order valence-electron chi connectivity index (χ3n) is 3.71. The quantitative estimate of drug-likeness (QED) is 0.364. The van der Waals surface area contributed by atoms with Gasteiger partial charge in [-0.05, 0) is 51.3 Å². The molecule has 0 bridgehead atoms. The molecule has 0 fully saturated rings. The Morgan fingerprint density at radius 1 is 1.09 bits per heavy atom. The first-order valence-electron chi connectivity index (χ1n) is 8.72. The van der Waals surface area contributed by atoms with E-state index in [4.69, 9.17) is 9.47 Å². The van der Waals surface area contributed by atoms with Crippen molar-refractivity contribution in [1.29, 1.82) is 0 Å². The SMILES string of the molecule is C/C=C/CC(CCCCCC)Oc1cc(C)ccc1OCC. The van der Waals surface area contributed by atoms with Gasteiger partial charge in [0.15, 0.2) is 11.5 Å². The van der Waals surface area contributed by atoms with E-state index in [1.807, 2.05) is 13.0 Å². The van der Waals surface area contributed by atoms with Crippen LogP contribution in [0.15, 0.2) is 30.4 Å². The van der Waals surface area contributed by atoms with Gasteiger partial charge < -0.3 is 9.47 Å². The van der Waals surface area contributed by atoms with Crippen molar-refractivity contribution in [3.8, 4) is 11.5 Å². The number of rotatable bonds is 11. The second kappa shape index (κ2) is 11.2. The highest BCUT2D eigenvalue weighted by atomic mass is 16.5. The molecule has 0 saturated heterocycles. The summed E-state index contributed by atoms with van der Waals surface area (Å²) in [6.07, 6.45) is 11.7. The Labute approximate surface area is 136 Å². The van der Waals surface area contributed by atoms with Gasteiger partial charge in [-0.1, -0.05) is 44.4 Å². The van der Waals surface area contributed by atoms with Crippen molar-refractivity contribution in [2.75, 3.05) is 6.61 Å². The highest BCUT2D eigenvalue weighted by Crippen LogP contribution is 2.30. The topological polar surface area (TPSA) is 18.5 Å². The molecule has 1 aromatic rings. The van der Waals surface area contributed by atoms with Gasteiger partial charge in [-0.25, -0.2) is 0 Å². The molecule has 0 radical (unpaired) electrons. The van der Waals surface area contributed by atoms with Gasteiger partial charge in [-0.3, -0.25) is 0 Å². The van der Waals surface area contributed by atoms with Gasteiger partial charge in [0.25, 0.3) is 0 Å². The van der Waals surface area contributed by atoms with Gasteiger partial charge in [0.1, 0.15) is 6.10 Å². The second-order valence-corrected chi connectivity index (χ2v) is 5.78. The minimum absolute atomic E-state index is 0.231. The fourth-order valence-electron chi connectivity index (χ4n) is 2.47. The average Bonchev–Trinajstić information content (AvgIpc) is 2.51. The zero-order valence-corrected chi connectivity index (χ0v) is 14.7. The molecule has 0 saturated carbocycles. The smallest absolute Gasteiger partial charge is 0.161 e. The minimum Gasteiger partial charge on any atom is -0.490 e. The zero-order valence-electron chi connectivity index (χ0n) is 14.7. The number of hydrogen-bond donors (Lipinski definition) is 0. The predicted octanol–water partition coefficient (Wildman–Crippen LogP) is 6.08. The van der Waals surface area contributed by atoms with Crippen LogP contribution in [-0.4, -0.2) is 12.7 Å². The maximum Gasteiger partial charge on any atom is 0.161 e. The van der Waals surface area contributed by atoms with Crippen LogP contribution < -0.4 is 9.47 Å². The van der Waals surface area contributed by atoms with Crippen molar-refractivity contribution in [2.24, 2.45) is 0 Å². The van der Waals surface area contributed by atoms with Gasteiger partial charge in [-0.15, -0.1) is 0 Å². The fourth-order valence-corrected chi connectivity index (χ4v) is 2.47. The largest absolute Gasteiger partial charge is 0.490 e. The zero-order chi connectivity index (χ0) is 16.2. The standard InChI is InChI=1S/C20H32O2/c1-5-8-10-11-13-18(12-9-6-2)22-20-16-17(4)14-15-19(20)21-7-3/h6,9,14-16,18H,5,7-8,10-13H2,1-4H3/b9-6+. The average molecular weight is 304 g/mol. The molecule has 0 heterocycles. The number of ether oxygens (including phenoxy) is 2. The normalized spacial score (nSPS) is 12.5. The number of unbranched alkanes of at least 4 members (excludes halogenated alkanes) is 3. The fraction of sp³-hybridized carbons (Fsp3) is 0.600. The van der Waals surface area contributed by atoms with E-state index in [2.05, 4.69) is 45.1 Å². The van der Waals surface area contributed by atoms with Gasteiger partial charge >= 0.3 is 0 Å². The van der Waals surface area contributed by atoms with Crippen molar-refractivity contribution < 1.29 is 9.47 Å². The Balaban J connectivity index is 2.72. The molecule has 0 spiro atoms. The summed E-state index contributed by atoms with van der Waals surface area (Å²) in [7, 11) is 0. The van der Waals surface area contributed by atoms with Gasteiger partial charge in [0.05, 0.1) is 6.61 Å². The van der Waals surface area contributed by atoms with Crippen LogP contribution in [0.4, 0.5) is 0 Å². The number of hydrogen-bond acceptors (Lipinski definition) is 2. The highest BCUT2D eigenvalue weighted by Gasteiger charge is 2.13. The summed E-state index contributed by atoms with van der Waals surface area (Å²) in [5.74, 6) is 1.74. The molecule has 1 atom stereocenters. The summed E-state index contributed by atoms with van der Waals surface area (Å²) in [5, 5.41) is 0. The van der Waals surface area contributed by atoms with Gasteiger partial charge in [-0.2, -0.15) is 0 Å². The first-order chi connectivity index (χ1) is 10.7. The van der Waals surface area contributed by atoms with Crippen LogP contribution in [0, 0.1) is 6.92 Å². The van der Waals surface area contributed by atoms with Crippen LogP contribution >= 0.6 is 0 Å². The third kappa shape index (κ3) is 7.02. The van der Waals surface area contributed by atoms with Crippen LogP contribution in [0.3, 0.4) is 0 Å². The lowest BCUT2D eigenvalue weighted by atomic mass is 10.1. The molecule has 2 nitrogen and oxygen atoms in total. The lowest BCUT2D eigenvalue weighted by molar-refractivity contribution is 0.179. The van der Waals surface area contributed by atoms with Crippen LogP contribution in [0.5, 0.6) is 11.5 Å². The second-order valence-electron chi connectivity index (χ2n) is 5.78. The van der Waals surface area contributed by atoms with E-state index in [1.165, 1.54) is 31.2 Å². The van der Waals surface area contributed by atoms with E-state index in [0.29, 0.717) is 6.61 Å². The number of aryl methyl sites for hydroxylation is 1. The third-order valence-corrected chi connectivity index (χ3v) is 3.71. The van der Waals surface area contributed by atoms with E-state index in [0.717, 1.165) is 24.3 Å². The molecule has 1 unspecified atom stereocenters. The van der Waals surface area contributed by atoms with Crippen molar-refractivity contribution in [1.82, 2.24) is 0 Å². The summed E-state index contributed by atoms with van der Waals surface area (Å²) in [4.78, 5) is 0. The summed E-state index contributed by atoms with van der Waals surface area (Å²) in [5.41, 5.74) is 1.20. The van der Waals surface area contributed by atoms with Gasteiger partial charge in [0.2, 0.25) is 0 Å². The highest BCUT2D eigenvalue weighted by molar-refractivity contribution is 5.42. The first-order valence-corrected chi connectivity index (χ1v) is 8.72. The molecule has 22 heavy (non-hydrogen) atoms. The Morgan fingerprint density at radius 2 is 1.91 bits per heavy atom. The molecular weight excluding hydrogens is 272 g/mol. The van der Waals surface area contributed by atoms with Gasteiger partial charge in [0, 0.05) is 6.42 Å². The Bertz CT molecular complexity index is 437. The lowest BCUT2D eigenvalue weighted by Crippen LogP contribution is -2.16. The van der Waals surface area contributed by atoms with E-state index in [9.17, 15) is 0 Å².